The van der Waals surface area contributed by atoms with Gasteiger partial charge in [-0.1, -0.05) is 0 Å². The SMILES string of the molecule is CC(CCN1CCCC1)Oc1cc([N+](=O)[O-])ccc1N. The predicted molar refractivity (Wildman–Crippen MR) is 77.9 cm³/mol. The molecule has 0 bridgehead atoms. The molecule has 1 saturated heterocycles. The summed E-state index contributed by atoms with van der Waals surface area (Å²) in [5.74, 6) is 0.396. The van der Waals surface area contributed by atoms with E-state index in [2.05, 4.69) is 4.90 Å². The molecule has 1 heterocycles. The Balaban J connectivity index is 1.90. The van der Waals surface area contributed by atoms with Crippen LogP contribution in [0.5, 0.6) is 5.75 Å². The van der Waals surface area contributed by atoms with Gasteiger partial charge in [0.1, 0.15) is 5.75 Å². The minimum atomic E-state index is -0.443. The first-order chi connectivity index (χ1) is 9.56. The molecule has 6 nitrogen and oxygen atoms in total. The Kier molecular flexibility index (Phi) is 4.79. The van der Waals surface area contributed by atoms with Gasteiger partial charge in [0.25, 0.3) is 5.69 Å². The normalized spacial score (nSPS) is 17.1. The fraction of sp³-hybridized carbons (Fsp3) is 0.571. The molecule has 6 heteroatoms. The second kappa shape index (κ2) is 6.56. The number of anilines is 1. The molecule has 1 aliphatic heterocycles. The van der Waals surface area contributed by atoms with Crippen molar-refractivity contribution >= 4 is 11.4 Å². The Bertz CT molecular complexity index is 473. The molecule has 20 heavy (non-hydrogen) atoms. The summed E-state index contributed by atoms with van der Waals surface area (Å²) in [5.41, 5.74) is 6.23. The van der Waals surface area contributed by atoms with Crippen LogP contribution in [0.2, 0.25) is 0 Å². The zero-order chi connectivity index (χ0) is 14.5. The molecule has 1 fully saturated rings. The maximum atomic E-state index is 10.8. The smallest absolute Gasteiger partial charge is 0.273 e. The molecule has 0 saturated carbocycles. The van der Waals surface area contributed by atoms with E-state index >= 15 is 0 Å². The summed E-state index contributed by atoms with van der Waals surface area (Å²) in [6, 6.07) is 4.29. The molecule has 2 rings (SSSR count). The van der Waals surface area contributed by atoms with Crippen LogP contribution >= 0.6 is 0 Å². The molecule has 0 aliphatic carbocycles. The first-order valence-corrected chi connectivity index (χ1v) is 6.99. The lowest BCUT2D eigenvalue weighted by atomic mass is 10.2. The maximum absolute atomic E-state index is 10.8. The van der Waals surface area contributed by atoms with Gasteiger partial charge in [-0.25, -0.2) is 0 Å². The van der Waals surface area contributed by atoms with Gasteiger partial charge in [-0.15, -0.1) is 0 Å². The van der Waals surface area contributed by atoms with E-state index < -0.39 is 4.92 Å². The third-order valence-electron chi connectivity index (χ3n) is 3.59. The first kappa shape index (κ1) is 14.6. The van der Waals surface area contributed by atoms with Crippen LogP contribution in [-0.4, -0.2) is 35.6 Å². The van der Waals surface area contributed by atoms with Crippen molar-refractivity contribution in [3.05, 3.63) is 28.3 Å². The van der Waals surface area contributed by atoms with Gasteiger partial charge >= 0.3 is 0 Å². The molecule has 1 aromatic rings. The number of hydrogen-bond acceptors (Lipinski definition) is 5. The number of nitro groups is 1. The van der Waals surface area contributed by atoms with Gasteiger partial charge in [0.15, 0.2) is 0 Å². The lowest BCUT2D eigenvalue weighted by Crippen LogP contribution is -2.25. The third kappa shape index (κ3) is 3.84. The number of likely N-dealkylation sites (tertiary alicyclic amines) is 1. The zero-order valence-electron chi connectivity index (χ0n) is 11.7. The highest BCUT2D eigenvalue weighted by molar-refractivity contribution is 5.57. The molecular formula is C14H21N3O3. The molecule has 2 N–H and O–H groups in total. The van der Waals surface area contributed by atoms with Crippen LogP contribution in [0.1, 0.15) is 26.2 Å². The van der Waals surface area contributed by atoms with Crippen LogP contribution in [0, 0.1) is 10.1 Å². The van der Waals surface area contributed by atoms with Crippen molar-refractivity contribution in [1.82, 2.24) is 4.90 Å². The molecule has 110 valence electrons. The number of hydrogen-bond donors (Lipinski definition) is 1. The zero-order valence-corrected chi connectivity index (χ0v) is 11.7. The number of nitro benzene ring substituents is 1. The standard InChI is InChI=1S/C14H21N3O3/c1-11(6-9-16-7-2-3-8-16)20-14-10-12(17(18)19)4-5-13(14)15/h4-5,10-11H,2-3,6-9,15H2,1H3. The topological polar surface area (TPSA) is 81.6 Å². The third-order valence-corrected chi connectivity index (χ3v) is 3.59. The summed E-state index contributed by atoms with van der Waals surface area (Å²) in [6.45, 7) is 5.28. The molecule has 1 aliphatic rings. The predicted octanol–water partition coefficient (Wildman–Crippen LogP) is 2.43. The van der Waals surface area contributed by atoms with Crippen LogP contribution in [0.15, 0.2) is 18.2 Å². The van der Waals surface area contributed by atoms with Gasteiger partial charge in [0, 0.05) is 12.6 Å². The van der Waals surface area contributed by atoms with E-state index in [4.69, 9.17) is 10.5 Å². The molecule has 0 aromatic heterocycles. The van der Waals surface area contributed by atoms with Crippen LogP contribution in [0.25, 0.3) is 0 Å². The Hall–Kier alpha value is -1.82. The molecular weight excluding hydrogens is 258 g/mol. The number of nitrogens with zero attached hydrogens (tertiary/aromatic N) is 2. The minimum Gasteiger partial charge on any atom is -0.488 e. The summed E-state index contributed by atoms with van der Waals surface area (Å²) in [4.78, 5) is 12.7. The quantitative estimate of drug-likeness (QED) is 0.491. The number of rotatable bonds is 6. The van der Waals surface area contributed by atoms with Gasteiger partial charge in [-0.05, 0) is 45.3 Å². The van der Waals surface area contributed by atoms with Crippen molar-refractivity contribution in [1.29, 1.82) is 0 Å². The monoisotopic (exact) mass is 279 g/mol. The minimum absolute atomic E-state index is 0.000873. The maximum Gasteiger partial charge on any atom is 0.273 e. The molecule has 1 aromatic carbocycles. The summed E-state index contributed by atoms with van der Waals surface area (Å²) < 4.78 is 5.74. The van der Waals surface area contributed by atoms with Crippen molar-refractivity contribution in [3.63, 3.8) is 0 Å². The number of benzene rings is 1. The van der Waals surface area contributed by atoms with E-state index in [0.29, 0.717) is 11.4 Å². The highest BCUT2D eigenvalue weighted by Gasteiger charge is 2.15. The molecule has 1 unspecified atom stereocenters. The fourth-order valence-electron chi connectivity index (χ4n) is 2.38. The van der Waals surface area contributed by atoms with Gasteiger partial charge < -0.3 is 15.4 Å². The molecule has 0 spiro atoms. The molecule has 1 atom stereocenters. The van der Waals surface area contributed by atoms with E-state index in [9.17, 15) is 10.1 Å². The van der Waals surface area contributed by atoms with Crippen molar-refractivity contribution in [2.24, 2.45) is 0 Å². The van der Waals surface area contributed by atoms with Crippen molar-refractivity contribution in [2.75, 3.05) is 25.4 Å². The van der Waals surface area contributed by atoms with Crippen molar-refractivity contribution in [2.45, 2.75) is 32.3 Å². The van der Waals surface area contributed by atoms with E-state index in [1.807, 2.05) is 6.92 Å². The average molecular weight is 279 g/mol. The van der Waals surface area contributed by atoms with Crippen molar-refractivity contribution < 1.29 is 9.66 Å². The largest absolute Gasteiger partial charge is 0.488 e. The molecule has 0 radical (unpaired) electrons. The van der Waals surface area contributed by atoms with E-state index in [-0.39, 0.29) is 11.8 Å². The number of ether oxygens (including phenoxy) is 1. The van der Waals surface area contributed by atoms with Gasteiger partial charge in [0.05, 0.1) is 22.8 Å². The van der Waals surface area contributed by atoms with Crippen LogP contribution in [0.4, 0.5) is 11.4 Å². The summed E-state index contributed by atoms with van der Waals surface area (Å²) >= 11 is 0. The lowest BCUT2D eigenvalue weighted by Gasteiger charge is -2.20. The van der Waals surface area contributed by atoms with Crippen molar-refractivity contribution in [3.8, 4) is 5.75 Å². The second-order valence-electron chi connectivity index (χ2n) is 5.25. The first-order valence-electron chi connectivity index (χ1n) is 6.99. The van der Waals surface area contributed by atoms with E-state index in [1.54, 1.807) is 0 Å². The Morgan fingerprint density at radius 2 is 2.15 bits per heavy atom. The Morgan fingerprint density at radius 1 is 1.45 bits per heavy atom. The van der Waals surface area contributed by atoms with Crippen LogP contribution in [-0.2, 0) is 0 Å². The van der Waals surface area contributed by atoms with Gasteiger partial charge in [-0.3, -0.25) is 10.1 Å². The molecule has 0 amide bonds. The summed E-state index contributed by atoms with van der Waals surface area (Å²) in [6.07, 6.45) is 3.42. The number of nitrogens with two attached hydrogens (primary N) is 1. The van der Waals surface area contributed by atoms with Crippen LogP contribution in [0.3, 0.4) is 0 Å². The second-order valence-corrected chi connectivity index (χ2v) is 5.25. The Morgan fingerprint density at radius 3 is 2.80 bits per heavy atom. The van der Waals surface area contributed by atoms with Crippen LogP contribution < -0.4 is 10.5 Å². The van der Waals surface area contributed by atoms with E-state index in [1.165, 1.54) is 31.0 Å². The van der Waals surface area contributed by atoms with E-state index in [0.717, 1.165) is 26.1 Å². The fourth-order valence-corrected chi connectivity index (χ4v) is 2.38. The van der Waals surface area contributed by atoms with Gasteiger partial charge in [-0.2, -0.15) is 0 Å². The van der Waals surface area contributed by atoms with Gasteiger partial charge in [0.2, 0.25) is 0 Å². The summed E-state index contributed by atoms with van der Waals surface area (Å²) in [7, 11) is 0. The average Bonchev–Trinajstić information content (AvgIpc) is 2.92. The number of non-ortho nitro benzene ring substituents is 1. The highest BCUT2D eigenvalue weighted by Crippen LogP contribution is 2.28. The summed E-state index contributed by atoms with van der Waals surface area (Å²) in [5, 5.41) is 10.8. The lowest BCUT2D eigenvalue weighted by molar-refractivity contribution is -0.384. The number of nitrogen functional groups attached to an aromatic ring is 1. The Labute approximate surface area is 118 Å². The highest BCUT2D eigenvalue weighted by atomic mass is 16.6.